The molecule has 0 saturated carbocycles. The molecule has 3 aromatic carbocycles. The summed E-state index contributed by atoms with van der Waals surface area (Å²) in [5.41, 5.74) is 4.43. The van der Waals surface area contributed by atoms with Crippen LogP contribution in [0.2, 0.25) is 5.02 Å². The maximum Gasteiger partial charge on any atom is 0.337 e. The molecule has 230 valence electrons. The van der Waals surface area contributed by atoms with E-state index in [9.17, 15) is 9.18 Å². The Hall–Kier alpha value is -3.99. The molecule has 1 saturated heterocycles. The second-order valence-corrected chi connectivity index (χ2v) is 11.3. The van der Waals surface area contributed by atoms with Gasteiger partial charge in [0.1, 0.15) is 12.2 Å². The van der Waals surface area contributed by atoms with Gasteiger partial charge < -0.3 is 23.2 Å². The molecular formula is C33H32ClF2N3O5. The number of hydrogen-bond donors (Lipinski definition) is 0. The third kappa shape index (κ3) is 5.89. The van der Waals surface area contributed by atoms with Gasteiger partial charge in [0.05, 0.1) is 41.7 Å². The first kappa shape index (κ1) is 30.1. The van der Waals surface area contributed by atoms with Crippen LogP contribution in [0.25, 0.3) is 22.0 Å². The lowest BCUT2D eigenvalue weighted by Crippen LogP contribution is -2.33. The number of carbonyl (C=O) groups is 1. The summed E-state index contributed by atoms with van der Waals surface area (Å²) in [6.45, 7) is 2.28. The third-order valence-electron chi connectivity index (χ3n) is 8.16. The predicted molar refractivity (Wildman–Crippen MR) is 162 cm³/mol. The number of halogens is 3. The van der Waals surface area contributed by atoms with Gasteiger partial charge in [-0.15, -0.1) is 0 Å². The lowest BCUT2D eigenvalue weighted by atomic mass is 9.93. The van der Waals surface area contributed by atoms with Gasteiger partial charge in [-0.25, -0.2) is 14.2 Å². The second-order valence-electron chi connectivity index (χ2n) is 10.9. The zero-order valence-corrected chi connectivity index (χ0v) is 25.2. The predicted octanol–water partition coefficient (Wildman–Crippen LogP) is 7.45. The Labute approximate surface area is 258 Å². The largest absolute Gasteiger partial charge is 0.485 e. The molecular weight excluding hydrogens is 592 g/mol. The average molecular weight is 624 g/mol. The van der Waals surface area contributed by atoms with Crippen LogP contribution in [0.3, 0.4) is 0 Å². The third-order valence-corrected chi connectivity index (χ3v) is 8.49. The average Bonchev–Trinajstić information content (AvgIpc) is 3.64. The van der Waals surface area contributed by atoms with Gasteiger partial charge in [0.2, 0.25) is 0 Å². The normalized spacial score (nSPS) is 15.7. The van der Waals surface area contributed by atoms with E-state index < -0.39 is 17.8 Å². The minimum Gasteiger partial charge on any atom is -0.485 e. The Morgan fingerprint density at radius 2 is 1.98 bits per heavy atom. The first-order valence-electron chi connectivity index (χ1n) is 14.4. The molecule has 1 aliphatic heterocycles. The molecule has 5 aromatic rings. The van der Waals surface area contributed by atoms with Crippen molar-refractivity contribution in [1.29, 1.82) is 0 Å². The second kappa shape index (κ2) is 12.9. The molecule has 2 aromatic heterocycles. The van der Waals surface area contributed by atoms with Crippen LogP contribution in [0, 0.1) is 11.8 Å². The van der Waals surface area contributed by atoms with E-state index >= 15 is 4.39 Å². The highest BCUT2D eigenvalue weighted by atomic mass is 35.5. The van der Waals surface area contributed by atoms with E-state index in [-0.39, 0.29) is 24.0 Å². The number of nitrogens with zero attached hydrogens (tertiary/aromatic N) is 3. The number of aromatic nitrogens is 2. The Morgan fingerprint density at radius 3 is 2.80 bits per heavy atom. The maximum atomic E-state index is 15.4. The number of imidazole rings is 1. The lowest BCUT2D eigenvalue weighted by molar-refractivity contribution is 0.0600. The van der Waals surface area contributed by atoms with Crippen LogP contribution in [0.1, 0.15) is 52.4 Å². The molecule has 1 unspecified atom stereocenters. The highest BCUT2D eigenvalue weighted by molar-refractivity contribution is 6.35. The number of piperidine rings is 1. The van der Waals surface area contributed by atoms with Gasteiger partial charge in [0.15, 0.2) is 11.6 Å². The number of para-hydroxylation sites is 1. The van der Waals surface area contributed by atoms with Crippen molar-refractivity contribution in [2.75, 3.05) is 27.4 Å². The molecule has 0 radical (unpaired) electrons. The molecule has 0 aliphatic carbocycles. The summed E-state index contributed by atoms with van der Waals surface area (Å²) in [7, 11) is 3.00. The minimum atomic E-state index is -0.757. The van der Waals surface area contributed by atoms with Gasteiger partial charge in [-0.1, -0.05) is 36.2 Å². The number of hydrogen-bond acceptors (Lipinski definition) is 7. The summed E-state index contributed by atoms with van der Waals surface area (Å²) in [6, 6.07) is 12.2. The van der Waals surface area contributed by atoms with Crippen LogP contribution >= 0.6 is 11.6 Å². The number of ether oxygens (including phenoxy) is 3. The van der Waals surface area contributed by atoms with Crippen LogP contribution in [0.5, 0.6) is 5.75 Å². The Balaban J connectivity index is 1.33. The van der Waals surface area contributed by atoms with Gasteiger partial charge in [-0.05, 0) is 49.2 Å². The number of esters is 1. The van der Waals surface area contributed by atoms with Crippen molar-refractivity contribution in [1.82, 2.24) is 14.5 Å². The molecule has 8 nitrogen and oxygen atoms in total. The van der Waals surface area contributed by atoms with Crippen LogP contribution in [-0.4, -0.2) is 47.8 Å². The van der Waals surface area contributed by atoms with E-state index in [4.69, 9.17) is 30.2 Å². The summed E-state index contributed by atoms with van der Waals surface area (Å²) in [6.07, 6.45) is 4.47. The monoisotopic (exact) mass is 623 g/mol. The number of benzene rings is 3. The first-order valence-corrected chi connectivity index (χ1v) is 14.8. The molecule has 1 aliphatic rings. The van der Waals surface area contributed by atoms with E-state index in [1.807, 2.05) is 16.7 Å². The van der Waals surface area contributed by atoms with E-state index in [0.29, 0.717) is 46.8 Å². The molecule has 3 heterocycles. The first-order chi connectivity index (χ1) is 21.4. The summed E-state index contributed by atoms with van der Waals surface area (Å²) in [5, 5.41) is 0.789. The standard InChI is InChI=1S/C33H32ClF2N3O5/c1-41-13-12-39-19-37-30-22(14-21(15-28(30)39)33(40)42-2)17-38-11-4-3-8-27(38)23-6-5-7-26(35)32(23)43-18-20-9-10-25(34)24-16-29(36)44-31(20)24/h5-7,9-10,14-16,19,27H,3-4,8,11-13,17-18H2,1-2H3. The summed E-state index contributed by atoms with van der Waals surface area (Å²) >= 11 is 6.22. The number of fused-ring (bicyclic) bond motifs is 2. The topological polar surface area (TPSA) is 79.0 Å². The zero-order valence-electron chi connectivity index (χ0n) is 24.4. The van der Waals surface area contributed by atoms with Gasteiger partial charge in [0.25, 0.3) is 6.01 Å². The van der Waals surface area contributed by atoms with Gasteiger partial charge >= 0.3 is 5.97 Å². The fraction of sp³-hybridized carbons (Fsp3) is 0.333. The lowest BCUT2D eigenvalue weighted by Gasteiger charge is -2.37. The van der Waals surface area contributed by atoms with Crippen LogP contribution in [-0.2, 0) is 29.2 Å². The van der Waals surface area contributed by atoms with Gasteiger partial charge in [-0.2, -0.15) is 4.39 Å². The fourth-order valence-electron chi connectivity index (χ4n) is 6.03. The van der Waals surface area contributed by atoms with Crippen molar-refractivity contribution in [3.63, 3.8) is 0 Å². The van der Waals surface area contributed by atoms with Crippen LogP contribution < -0.4 is 4.74 Å². The van der Waals surface area contributed by atoms with Crippen molar-refractivity contribution in [2.24, 2.45) is 0 Å². The molecule has 1 atom stereocenters. The number of carbonyl (C=O) groups excluding carboxylic acids is 1. The Bertz CT molecular complexity index is 1820. The van der Waals surface area contributed by atoms with Crippen molar-refractivity contribution in [3.05, 3.63) is 94.0 Å². The summed E-state index contributed by atoms with van der Waals surface area (Å²) < 4.78 is 53.0. The van der Waals surface area contributed by atoms with Crippen LogP contribution in [0.4, 0.5) is 8.78 Å². The van der Waals surface area contributed by atoms with Gasteiger partial charge in [-0.3, -0.25) is 4.90 Å². The van der Waals surface area contributed by atoms with E-state index in [1.165, 1.54) is 19.2 Å². The van der Waals surface area contributed by atoms with E-state index in [2.05, 4.69) is 9.88 Å². The highest BCUT2D eigenvalue weighted by Gasteiger charge is 2.29. The molecule has 0 amide bonds. The van der Waals surface area contributed by atoms with Gasteiger partial charge in [0, 0.05) is 48.8 Å². The number of methoxy groups -OCH3 is 2. The van der Waals surface area contributed by atoms with E-state index in [0.717, 1.165) is 42.4 Å². The highest BCUT2D eigenvalue weighted by Crippen LogP contribution is 2.40. The Morgan fingerprint density at radius 1 is 1.11 bits per heavy atom. The van der Waals surface area contributed by atoms with Crippen molar-refractivity contribution in [3.8, 4) is 5.75 Å². The molecule has 44 heavy (non-hydrogen) atoms. The van der Waals surface area contributed by atoms with Crippen molar-refractivity contribution in [2.45, 2.75) is 45.0 Å². The van der Waals surface area contributed by atoms with Crippen LogP contribution in [0.15, 0.2) is 59.3 Å². The minimum absolute atomic E-state index is 0.0397. The quantitative estimate of drug-likeness (QED) is 0.150. The zero-order chi connectivity index (χ0) is 30.8. The molecule has 0 spiro atoms. The van der Waals surface area contributed by atoms with Crippen molar-refractivity contribution < 1.29 is 32.2 Å². The summed E-state index contributed by atoms with van der Waals surface area (Å²) in [4.78, 5) is 19.6. The van der Waals surface area contributed by atoms with Crippen molar-refractivity contribution >= 4 is 39.6 Å². The maximum absolute atomic E-state index is 15.4. The van der Waals surface area contributed by atoms with E-state index in [1.54, 1.807) is 37.7 Å². The Kier molecular flexibility index (Phi) is 8.83. The summed E-state index contributed by atoms with van der Waals surface area (Å²) in [5.74, 6) is -0.788. The molecule has 11 heteroatoms. The number of rotatable bonds is 10. The number of likely N-dealkylation sites (tertiary alicyclic amines) is 1. The number of furan rings is 1. The smallest absolute Gasteiger partial charge is 0.337 e. The molecule has 6 rings (SSSR count). The SMILES string of the molecule is COCCn1cnc2c(CN3CCCCC3c3cccc(F)c3OCc3ccc(Cl)c4cc(F)oc34)cc(C(=O)OC)cc21. The fourth-order valence-corrected chi connectivity index (χ4v) is 6.23. The molecule has 1 fully saturated rings. The molecule has 0 bridgehead atoms. The molecule has 0 N–H and O–H groups in total.